The number of nitrogens with zero attached hydrogens (tertiary/aromatic N) is 2. The number of benzene rings is 2. The Balaban J connectivity index is 1.65. The van der Waals surface area contributed by atoms with Crippen molar-refractivity contribution in [2.75, 3.05) is 0 Å². The lowest BCUT2D eigenvalue weighted by Crippen LogP contribution is -2.24. The van der Waals surface area contributed by atoms with Crippen molar-refractivity contribution in [3.8, 4) is 11.4 Å². The summed E-state index contributed by atoms with van der Waals surface area (Å²) in [4.78, 5) is 4.00. The highest BCUT2D eigenvalue weighted by molar-refractivity contribution is 7.88. The number of hydrogen-bond acceptors (Lipinski definition) is 5. The lowest BCUT2D eigenvalue weighted by atomic mass is 10.2. The van der Waals surface area contributed by atoms with Gasteiger partial charge in [-0.1, -0.05) is 41.0 Å². The zero-order chi connectivity index (χ0) is 17.9. The fourth-order valence-corrected chi connectivity index (χ4v) is 3.30. The lowest BCUT2D eigenvalue weighted by Gasteiger charge is -2.04. The quantitative estimate of drug-likeness (QED) is 0.709. The van der Waals surface area contributed by atoms with E-state index in [1.165, 1.54) is 12.1 Å². The number of halogens is 2. The lowest BCUT2D eigenvalue weighted by molar-refractivity contribution is 0.375. The summed E-state index contributed by atoms with van der Waals surface area (Å²) in [5.41, 5.74) is 0.774. The van der Waals surface area contributed by atoms with Gasteiger partial charge in [-0.15, -0.1) is 0 Å². The minimum atomic E-state index is -3.60. The summed E-state index contributed by atoms with van der Waals surface area (Å²) in [5, 5.41) is 4.19. The van der Waals surface area contributed by atoms with E-state index in [0.717, 1.165) is 0 Å². The minimum Gasteiger partial charge on any atom is -0.338 e. The number of sulfonamides is 1. The van der Waals surface area contributed by atoms with Gasteiger partial charge in [-0.25, -0.2) is 17.5 Å². The van der Waals surface area contributed by atoms with Crippen molar-refractivity contribution in [1.82, 2.24) is 14.9 Å². The van der Waals surface area contributed by atoms with Crippen molar-refractivity contribution in [2.45, 2.75) is 12.3 Å². The Hall–Kier alpha value is -2.29. The van der Waals surface area contributed by atoms with E-state index in [-0.39, 0.29) is 29.6 Å². The van der Waals surface area contributed by atoms with Gasteiger partial charge < -0.3 is 4.52 Å². The summed E-state index contributed by atoms with van der Waals surface area (Å²) < 4.78 is 45.2. The monoisotopic (exact) mass is 381 g/mol. The zero-order valence-electron chi connectivity index (χ0n) is 12.8. The first-order valence-electron chi connectivity index (χ1n) is 7.22. The van der Waals surface area contributed by atoms with Gasteiger partial charge in [-0.2, -0.15) is 4.98 Å². The molecule has 1 heterocycles. The molecule has 1 N–H and O–H groups in total. The molecule has 2 aromatic carbocycles. The van der Waals surface area contributed by atoms with Gasteiger partial charge in [0.25, 0.3) is 0 Å². The highest BCUT2D eigenvalue weighted by Crippen LogP contribution is 2.19. The molecule has 3 rings (SSSR count). The maximum absolute atomic E-state index is 13.7. The van der Waals surface area contributed by atoms with Crippen molar-refractivity contribution in [3.63, 3.8) is 0 Å². The average Bonchev–Trinajstić information content (AvgIpc) is 3.04. The van der Waals surface area contributed by atoms with Crippen LogP contribution < -0.4 is 4.72 Å². The van der Waals surface area contributed by atoms with E-state index in [0.29, 0.717) is 10.6 Å². The van der Waals surface area contributed by atoms with Gasteiger partial charge in [0.1, 0.15) is 5.82 Å². The first-order valence-corrected chi connectivity index (χ1v) is 9.25. The predicted octanol–water partition coefficient (Wildman–Crippen LogP) is 3.15. The van der Waals surface area contributed by atoms with Gasteiger partial charge in [0.05, 0.1) is 17.9 Å². The summed E-state index contributed by atoms with van der Waals surface area (Å²) >= 11 is 5.77. The highest BCUT2D eigenvalue weighted by Gasteiger charge is 2.16. The zero-order valence-corrected chi connectivity index (χ0v) is 14.4. The summed E-state index contributed by atoms with van der Waals surface area (Å²) in [6.45, 7) is -0.183. The minimum absolute atomic E-state index is 0.0398. The molecule has 0 unspecified atom stereocenters. The van der Waals surface area contributed by atoms with Crippen LogP contribution in [-0.4, -0.2) is 18.6 Å². The normalized spacial score (nSPS) is 11.6. The Morgan fingerprint density at radius 1 is 1.12 bits per heavy atom. The number of rotatable bonds is 6. The Kier molecular flexibility index (Phi) is 5.12. The smallest absolute Gasteiger partial charge is 0.242 e. The second kappa shape index (κ2) is 7.30. The SMILES string of the molecule is O=S(=O)(Cc1ccc(Cl)cc1)NCc1nc(-c2ccccc2F)no1. The summed E-state index contributed by atoms with van der Waals surface area (Å²) in [6, 6.07) is 12.5. The first kappa shape index (κ1) is 17.5. The van der Waals surface area contributed by atoms with Crippen molar-refractivity contribution < 1.29 is 17.3 Å². The van der Waals surface area contributed by atoms with Crippen LogP contribution >= 0.6 is 11.6 Å². The van der Waals surface area contributed by atoms with Crippen molar-refractivity contribution in [1.29, 1.82) is 0 Å². The molecule has 0 radical (unpaired) electrons. The van der Waals surface area contributed by atoms with Gasteiger partial charge >= 0.3 is 0 Å². The molecular weight excluding hydrogens is 369 g/mol. The molecule has 0 fully saturated rings. The van der Waals surface area contributed by atoms with Crippen LogP contribution in [0.25, 0.3) is 11.4 Å². The number of aromatic nitrogens is 2. The molecule has 0 spiro atoms. The molecule has 0 atom stereocenters. The Bertz CT molecular complexity index is 974. The van der Waals surface area contributed by atoms with E-state index < -0.39 is 15.8 Å². The van der Waals surface area contributed by atoms with Crippen LogP contribution in [0.4, 0.5) is 4.39 Å². The van der Waals surface area contributed by atoms with Gasteiger partial charge in [-0.05, 0) is 29.8 Å². The molecule has 0 amide bonds. The van der Waals surface area contributed by atoms with Crippen LogP contribution in [0.3, 0.4) is 0 Å². The van der Waals surface area contributed by atoms with Crippen LogP contribution in [0, 0.1) is 5.82 Å². The van der Waals surface area contributed by atoms with Crippen molar-refractivity contribution in [3.05, 3.63) is 70.8 Å². The number of nitrogens with one attached hydrogen (secondary N) is 1. The summed E-state index contributed by atoms with van der Waals surface area (Å²) in [6.07, 6.45) is 0. The average molecular weight is 382 g/mol. The van der Waals surface area contributed by atoms with Gasteiger partial charge in [0.2, 0.25) is 21.7 Å². The number of hydrogen-bond donors (Lipinski definition) is 1. The molecule has 0 aliphatic carbocycles. The predicted molar refractivity (Wildman–Crippen MR) is 90.6 cm³/mol. The molecule has 0 aliphatic rings. The van der Waals surface area contributed by atoms with E-state index in [1.807, 2.05) is 0 Å². The van der Waals surface area contributed by atoms with Gasteiger partial charge in [0.15, 0.2) is 0 Å². The first-order chi connectivity index (χ1) is 11.9. The van der Waals surface area contributed by atoms with Crippen molar-refractivity contribution >= 4 is 21.6 Å². The van der Waals surface area contributed by atoms with Gasteiger partial charge in [-0.3, -0.25) is 0 Å². The molecule has 6 nitrogen and oxygen atoms in total. The second-order valence-electron chi connectivity index (χ2n) is 5.20. The third-order valence-electron chi connectivity index (χ3n) is 3.30. The van der Waals surface area contributed by atoms with E-state index >= 15 is 0 Å². The van der Waals surface area contributed by atoms with Crippen LogP contribution in [0.1, 0.15) is 11.5 Å². The van der Waals surface area contributed by atoms with Crippen molar-refractivity contribution in [2.24, 2.45) is 0 Å². The van der Waals surface area contributed by atoms with E-state index in [9.17, 15) is 12.8 Å². The van der Waals surface area contributed by atoms with Gasteiger partial charge in [0, 0.05) is 5.02 Å². The van der Waals surface area contributed by atoms with E-state index in [4.69, 9.17) is 16.1 Å². The highest BCUT2D eigenvalue weighted by atomic mass is 35.5. The molecule has 0 saturated heterocycles. The standard InChI is InChI=1S/C16H13ClFN3O3S/c17-12-7-5-11(6-8-12)10-25(22,23)19-9-15-20-16(21-24-15)13-3-1-2-4-14(13)18/h1-8,19H,9-10H2. The molecule has 0 bridgehead atoms. The van der Waals surface area contributed by atoms with E-state index in [1.54, 1.807) is 36.4 Å². The Morgan fingerprint density at radius 2 is 1.84 bits per heavy atom. The maximum atomic E-state index is 13.7. The third kappa shape index (κ3) is 4.62. The summed E-state index contributed by atoms with van der Waals surface area (Å²) in [7, 11) is -3.60. The topological polar surface area (TPSA) is 85.1 Å². The van der Waals surface area contributed by atoms with E-state index in [2.05, 4.69) is 14.9 Å². The summed E-state index contributed by atoms with van der Waals surface area (Å²) in [5.74, 6) is -0.598. The molecule has 0 aliphatic heterocycles. The largest absolute Gasteiger partial charge is 0.338 e. The van der Waals surface area contributed by atoms with Crippen LogP contribution in [0.2, 0.25) is 5.02 Å². The Labute approximate surface area is 148 Å². The van der Waals surface area contributed by atoms with Crippen LogP contribution in [0.15, 0.2) is 53.1 Å². The molecule has 9 heteroatoms. The fraction of sp³-hybridized carbons (Fsp3) is 0.125. The molecule has 25 heavy (non-hydrogen) atoms. The van der Waals surface area contributed by atoms with Crippen LogP contribution in [-0.2, 0) is 22.3 Å². The molecule has 130 valence electrons. The maximum Gasteiger partial charge on any atom is 0.242 e. The third-order valence-corrected chi connectivity index (χ3v) is 4.85. The molecule has 1 aromatic heterocycles. The molecule has 3 aromatic rings. The molecular formula is C16H13ClFN3O3S. The second-order valence-corrected chi connectivity index (χ2v) is 7.44. The molecule has 0 saturated carbocycles. The van der Waals surface area contributed by atoms with Crippen LogP contribution in [0.5, 0.6) is 0 Å². The Morgan fingerprint density at radius 3 is 2.56 bits per heavy atom. The fourth-order valence-electron chi connectivity index (χ4n) is 2.10.